The number of alkyl halides is 3. The van der Waals surface area contributed by atoms with Gasteiger partial charge < -0.3 is 19.4 Å². The molecule has 1 aromatic carbocycles. The van der Waals surface area contributed by atoms with E-state index in [0.29, 0.717) is 12.1 Å². The molecule has 0 unspecified atom stereocenters. The number of benzene rings is 1. The van der Waals surface area contributed by atoms with E-state index < -0.39 is 29.1 Å². The molecular formula is C32H49Cl2F3N6O4S. The lowest BCUT2D eigenvalue weighted by atomic mass is 10.1. The molecule has 3 heterocycles. The van der Waals surface area contributed by atoms with Crippen molar-refractivity contribution in [1.29, 1.82) is 0 Å². The van der Waals surface area contributed by atoms with Gasteiger partial charge in [0.15, 0.2) is 0 Å². The van der Waals surface area contributed by atoms with Crippen LogP contribution >= 0.6 is 35.1 Å². The van der Waals surface area contributed by atoms with E-state index in [0.717, 1.165) is 82.0 Å². The number of nitrogens with zero attached hydrogens (tertiary/aromatic N) is 6. The fraction of sp³-hybridized carbons (Fsp3) is 0.719. The van der Waals surface area contributed by atoms with Crippen molar-refractivity contribution in [2.24, 2.45) is 0 Å². The topological polar surface area (TPSA) is 79.9 Å². The van der Waals surface area contributed by atoms with Crippen LogP contribution in [0, 0.1) is 0 Å². The van der Waals surface area contributed by atoms with Crippen molar-refractivity contribution in [3.63, 3.8) is 0 Å². The average Bonchev–Trinajstić information content (AvgIpc) is 3.51. The van der Waals surface area contributed by atoms with Gasteiger partial charge in [-0.1, -0.05) is 35.1 Å². The van der Waals surface area contributed by atoms with Gasteiger partial charge in [0.25, 0.3) is 0 Å². The lowest BCUT2D eigenvalue weighted by molar-refractivity contribution is -0.137. The van der Waals surface area contributed by atoms with Crippen LogP contribution in [0.3, 0.4) is 0 Å². The molecule has 3 aliphatic rings. The Hall–Kier alpha value is -1.97. The third-order valence-electron chi connectivity index (χ3n) is 8.36. The van der Waals surface area contributed by atoms with Gasteiger partial charge in [-0.25, -0.2) is 9.10 Å². The van der Waals surface area contributed by atoms with Crippen LogP contribution in [0.1, 0.15) is 53.0 Å². The van der Waals surface area contributed by atoms with Crippen LogP contribution in [0.5, 0.6) is 0 Å². The first kappa shape index (κ1) is 40.5. The molecule has 3 aliphatic heterocycles. The molecule has 0 bridgehead atoms. The number of carbonyl (C=O) groups is 3. The summed E-state index contributed by atoms with van der Waals surface area (Å²) in [6.45, 7) is 18.9. The molecule has 1 atom stereocenters. The number of halogens is 5. The van der Waals surface area contributed by atoms with E-state index in [9.17, 15) is 27.6 Å². The monoisotopic (exact) mass is 740 g/mol. The molecule has 3 saturated heterocycles. The predicted molar refractivity (Wildman–Crippen MR) is 186 cm³/mol. The Morgan fingerprint density at radius 2 is 1.60 bits per heavy atom. The zero-order valence-corrected chi connectivity index (χ0v) is 30.9. The summed E-state index contributed by atoms with van der Waals surface area (Å²) in [7, 11) is 0. The van der Waals surface area contributed by atoms with E-state index in [1.807, 2.05) is 21.7 Å². The number of hydrogen-bond acceptors (Lipinski definition) is 8. The maximum Gasteiger partial charge on any atom is 0.418 e. The highest BCUT2D eigenvalue weighted by Crippen LogP contribution is 2.41. The zero-order chi connectivity index (χ0) is 35.6. The van der Waals surface area contributed by atoms with Gasteiger partial charge in [0.05, 0.1) is 27.3 Å². The van der Waals surface area contributed by atoms with E-state index >= 15 is 0 Å². The SMILES string of the molecule is CC(=O)N1CCN(CCSN2CCN(C=O)[C@@H](CN3CCCC3)C2)CC1.CCN(C(=O)OC(C)(C)C)c1cc(Cl)c(Cl)cc1C(F)(F)F. The molecule has 0 N–H and O–H groups in total. The largest absolute Gasteiger partial charge is 0.443 e. The number of amides is 3. The molecule has 3 fully saturated rings. The summed E-state index contributed by atoms with van der Waals surface area (Å²) in [4.78, 5) is 44.7. The Balaban J connectivity index is 0.000000265. The van der Waals surface area contributed by atoms with Gasteiger partial charge in [-0.3, -0.25) is 19.4 Å². The van der Waals surface area contributed by atoms with E-state index in [1.165, 1.54) is 32.9 Å². The summed E-state index contributed by atoms with van der Waals surface area (Å²) >= 11 is 13.4. The second-order valence-electron chi connectivity index (χ2n) is 13.1. The van der Waals surface area contributed by atoms with Crippen molar-refractivity contribution in [3.8, 4) is 0 Å². The van der Waals surface area contributed by atoms with Crippen molar-refractivity contribution >= 4 is 59.2 Å². The highest BCUT2D eigenvalue weighted by Gasteiger charge is 2.38. The first-order valence-electron chi connectivity index (χ1n) is 16.4. The summed E-state index contributed by atoms with van der Waals surface area (Å²) in [5.74, 6) is 1.27. The minimum absolute atomic E-state index is 0.0179. The van der Waals surface area contributed by atoms with Crippen molar-refractivity contribution in [1.82, 2.24) is 23.9 Å². The number of rotatable bonds is 9. The van der Waals surface area contributed by atoms with Gasteiger partial charge in [0.2, 0.25) is 12.3 Å². The fourth-order valence-electron chi connectivity index (χ4n) is 5.81. The van der Waals surface area contributed by atoms with Crippen LogP contribution in [0.4, 0.5) is 23.7 Å². The Morgan fingerprint density at radius 3 is 2.15 bits per heavy atom. The van der Waals surface area contributed by atoms with Gasteiger partial charge >= 0.3 is 12.3 Å². The van der Waals surface area contributed by atoms with Crippen molar-refractivity contribution in [2.75, 3.05) is 89.2 Å². The molecule has 10 nitrogen and oxygen atoms in total. The smallest absolute Gasteiger partial charge is 0.418 e. The first-order chi connectivity index (χ1) is 22.5. The highest BCUT2D eigenvalue weighted by molar-refractivity contribution is 7.97. The number of piperazine rings is 2. The quantitative estimate of drug-likeness (QED) is 0.232. The number of anilines is 1. The molecule has 0 saturated carbocycles. The normalized spacial score (nSPS) is 19.9. The van der Waals surface area contributed by atoms with E-state index in [4.69, 9.17) is 27.9 Å². The van der Waals surface area contributed by atoms with Gasteiger partial charge in [-0.15, -0.1) is 0 Å². The fourth-order valence-corrected chi connectivity index (χ4v) is 7.22. The van der Waals surface area contributed by atoms with Crippen LogP contribution in [0.25, 0.3) is 0 Å². The Kier molecular flexibility index (Phi) is 15.4. The maximum atomic E-state index is 13.2. The number of ether oxygens (including phenoxy) is 1. The molecule has 0 spiro atoms. The van der Waals surface area contributed by atoms with Crippen LogP contribution in [0.2, 0.25) is 10.0 Å². The lowest BCUT2D eigenvalue weighted by Gasteiger charge is -2.40. The third-order valence-corrected chi connectivity index (χ3v) is 10.1. The first-order valence-corrected chi connectivity index (χ1v) is 18.1. The van der Waals surface area contributed by atoms with Gasteiger partial charge in [0.1, 0.15) is 5.60 Å². The minimum atomic E-state index is -4.68. The van der Waals surface area contributed by atoms with Gasteiger partial charge in [-0.05, 0) is 65.8 Å². The molecule has 4 rings (SSSR count). The van der Waals surface area contributed by atoms with Crippen LogP contribution in [-0.4, -0.2) is 138 Å². The lowest BCUT2D eigenvalue weighted by Crippen LogP contribution is -2.54. The summed E-state index contributed by atoms with van der Waals surface area (Å²) < 4.78 is 47.1. The molecule has 0 aromatic heterocycles. The zero-order valence-electron chi connectivity index (χ0n) is 28.5. The molecule has 3 amide bonds. The number of hydrogen-bond donors (Lipinski definition) is 0. The molecule has 272 valence electrons. The second kappa shape index (κ2) is 18.3. The summed E-state index contributed by atoms with van der Waals surface area (Å²) in [6, 6.07) is 2.04. The van der Waals surface area contributed by atoms with E-state index in [2.05, 4.69) is 14.1 Å². The Bertz CT molecular complexity index is 1230. The van der Waals surface area contributed by atoms with Crippen molar-refractivity contribution < 1.29 is 32.3 Å². The number of likely N-dealkylation sites (tertiary alicyclic amines) is 1. The van der Waals surface area contributed by atoms with E-state index in [-0.39, 0.29) is 22.5 Å². The van der Waals surface area contributed by atoms with Crippen LogP contribution in [-0.2, 0) is 20.5 Å². The minimum Gasteiger partial charge on any atom is -0.443 e. The molecule has 48 heavy (non-hydrogen) atoms. The predicted octanol–water partition coefficient (Wildman–Crippen LogP) is 5.81. The van der Waals surface area contributed by atoms with Gasteiger partial charge in [-0.2, -0.15) is 13.2 Å². The summed E-state index contributed by atoms with van der Waals surface area (Å²) in [5.41, 5.74) is -2.27. The maximum absolute atomic E-state index is 13.2. The molecule has 16 heteroatoms. The van der Waals surface area contributed by atoms with Crippen LogP contribution < -0.4 is 4.90 Å². The number of carbonyl (C=O) groups excluding carboxylic acids is 3. The Morgan fingerprint density at radius 1 is 0.979 bits per heavy atom. The van der Waals surface area contributed by atoms with Crippen LogP contribution in [0.15, 0.2) is 12.1 Å². The molecule has 0 radical (unpaired) electrons. The van der Waals surface area contributed by atoms with Gasteiger partial charge in [0, 0.05) is 78.1 Å². The summed E-state index contributed by atoms with van der Waals surface area (Å²) in [5, 5.41) is -0.315. The van der Waals surface area contributed by atoms with Crippen molar-refractivity contribution in [3.05, 3.63) is 27.7 Å². The molecular weight excluding hydrogens is 692 g/mol. The van der Waals surface area contributed by atoms with E-state index in [1.54, 1.807) is 27.7 Å². The summed E-state index contributed by atoms with van der Waals surface area (Å²) in [6.07, 6.45) is -1.94. The molecule has 0 aliphatic carbocycles. The third kappa shape index (κ3) is 12.4. The van der Waals surface area contributed by atoms with Crippen molar-refractivity contribution in [2.45, 2.75) is 65.3 Å². The second-order valence-corrected chi connectivity index (χ2v) is 15.1. The Labute approximate surface area is 296 Å². The molecule has 1 aromatic rings. The highest BCUT2D eigenvalue weighted by atomic mass is 35.5. The average molecular weight is 742 g/mol. The standard InChI is InChI=1S/C18H33N5O2S.C14H16Cl2F3NO2/c1-17(25)21-8-6-19(7-9-21)12-13-26-23-11-10-22(16-24)18(15-23)14-20-4-2-3-5-20;1-5-20(12(21)22-13(2,3)4)11-7-10(16)9(15)6-8(11)14(17,18)19/h16,18H,2-15H2,1H3;6-7H,5H2,1-4H3/t18-;/m0./s1.